The van der Waals surface area contributed by atoms with E-state index >= 15 is 0 Å². The third-order valence-corrected chi connectivity index (χ3v) is 6.02. The van der Waals surface area contributed by atoms with Crippen LogP contribution in [0.15, 0.2) is 0 Å². The zero-order valence-electron chi connectivity index (χ0n) is 14.1. The Balaban J connectivity index is 0.00000156. The Kier molecular flexibility index (Phi) is 4.71. The van der Waals surface area contributed by atoms with E-state index in [-0.39, 0.29) is 12.4 Å². The van der Waals surface area contributed by atoms with E-state index in [1.54, 1.807) is 11.3 Å². The summed E-state index contributed by atoms with van der Waals surface area (Å²) >= 11 is 1.69. The highest BCUT2D eigenvalue weighted by Crippen LogP contribution is 2.37. The van der Waals surface area contributed by atoms with Crippen LogP contribution in [0.2, 0.25) is 0 Å². The van der Waals surface area contributed by atoms with Gasteiger partial charge in [0.2, 0.25) is 4.96 Å². The van der Waals surface area contributed by atoms with Crippen molar-refractivity contribution in [3.05, 3.63) is 16.4 Å². The van der Waals surface area contributed by atoms with Crippen LogP contribution in [0.1, 0.15) is 49.0 Å². The maximum atomic E-state index is 4.84. The molecule has 0 radical (unpaired) electrons. The van der Waals surface area contributed by atoms with Crippen molar-refractivity contribution in [2.45, 2.75) is 46.1 Å². The van der Waals surface area contributed by atoms with Crippen LogP contribution < -0.4 is 5.32 Å². The first kappa shape index (κ1) is 17.1. The highest BCUT2D eigenvalue weighted by Gasteiger charge is 2.40. The molecule has 1 N–H and O–H groups in total. The standard InChI is InChI=1S/C16H25N5S.ClH/c1-11(2)14-13(21-15(18-14)22-12(3)19-21)8-20-7-5-16(10-20)4-6-17-9-16;/h11,17H,4-10H2,1-3H3;1H. The number of aryl methyl sites for hydroxylation is 1. The molecule has 0 aliphatic carbocycles. The van der Waals surface area contributed by atoms with Crippen LogP contribution in [-0.4, -0.2) is 45.7 Å². The molecule has 1 atom stereocenters. The molecular weight excluding hydrogens is 330 g/mol. The number of halogens is 1. The first-order valence-corrected chi connectivity index (χ1v) is 9.16. The van der Waals surface area contributed by atoms with Gasteiger partial charge in [0, 0.05) is 19.6 Å². The van der Waals surface area contributed by atoms with E-state index in [1.807, 2.05) is 0 Å². The van der Waals surface area contributed by atoms with Crippen LogP contribution in [-0.2, 0) is 6.54 Å². The second-order valence-electron chi connectivity index (χ2n) is 7.30. The normalized spacial score (nSPS) is 25.0. The minimum atomic E-state index is 0. The molecule has 0 aromatic carbocycles. The summed E-state index contributed by atoms with van der Waals surface area (Å²) < 4.78 is 2.09. The Hall–Kier alpha value is -0.690. The van der Waals surface area contributed by atoms with E-state index in [0.29, 0.717) is 11.3 Å². The predicted molar refractivity (Wildman–Crippen MR) is 96.8 cm³/mol. The van der Waals surface area contributed by atoms with E-state index in [2.05, 4.69) is 40.6 Å². The summed E-state index contributed by atoms with van der Waals surface area (Å²) in [6, 6.07) is 0. The van der Waals surface area contributed by atoms with Gasteiger partial charge >= 0.3 is 0 Å². The van der Waals surface area contributed by atoms with E-state index in [1.165, 1.54) is 50.4 Å². The summed E-state index contributed by atoms with van der Waals surface area (Å²) in [7, 11) is 0. The summed E-state index contributed by atoms with van der Waals surface area (Å²) in [6.45, 7) is 12.3. The number of hydrogen-bond acceptors (Lipinski definition) is 5. The lowest BCUT2D eigenvalue weighted by atomic mass is 9.87. The fraction of sp³-hybridized carbons (Fsp3) is 0.750. The molecule has 1 unspecified atom stereocenters. The molecule has 2 aliphatic heterocycles. The molecule has 5 nitrogen and oxygen atoms in total. The number of fused-ring (bicyclic) bond motifs is 1. The minimum Gasteiger partial charge on any atom is -0.316 e. The lowest BCUT2D eigenvalue weighted by molar-refractivity contribution is 0.264. The second-order valence-corrected chi connectivity index (χ2v) is 8.46. The van der Waals surface area contributed by atoms with Crippen molar-refractivity contribution < 1.29 is 0 Å². The molecule has 1 spiro atoms. The Labute approximate surface area is 147 Å². The molecule has 2 fully saturated rings. The number of nitrogens with zero attached hydrogens (tertiary/aromatic N) is 4. The maximum absolute atomic E-state index is 4.84. The number of likely N-dealkylation sites (tertiary alicyclic amines) is 1. The maximum Gasteiger partial charge on any atom is 0.212 e. The number of rotatable bonds is 3. The van der Waals surface area contributed by atoms with Gasteiger partial charge in [0.1, 0.15) is 5.01 Å². The van der Waals surface area contributed by atoms with Crippen molar-refractivity contribution in [1.82, 2.24) is 24.8 Å². The van der Waals surface area contributed by atoms with Crippen molar-refractivity contribution in [2.24, 2.45) is 5.41 Å². The summed E-state index contributed by atoms with van der Waals surface area (Å²) in [5.41, 5.74) is 3.06. The van der Waals surface area contributed by atoms with Gasteiger partial charge in [-0.1, -0.05) is 25.2 Å². The monoisotopic (exact) mass is 355 g/mol. The van der Waals surface area contributed by atoms with E-state index in [4.69, 9.17) is 4.98 Å². The van der Waals surface area contributed by atoms with Gasteiger partial charge in [0.15, 0.2) is 0 Å². The fourth-order valence-corrected chi connectivity index (χ4v) is 4.80. The summed E-state index contributed by atoms with van der Waals surface area (Å²) in [5.74, 6) is 0.453. The highest BCUT2D eigenvalue weighted by molar-refractivity contribution is 7.16. The smallest absolute Gasteiger partial charge is 0.212 e. The number of hydrogen-bond donors (Lipinski definition) is 1. The van der Waals surface area contributed by atoms with Crippen LogP contribution in [0.3, 0.4) is 0 Å². The first-order chi connectivity index (χ1) is 10.6. The number of aromatic nitrogens is 3. The Morgan fingerprint density at radius 3 is 2.87 bits per heavy atom. The van der Waals surface area contributed by atoms with Crippen LogP contribution in [0.25, 0.3) is 4.96 Å². The lowest BCUT2D eigenvalue weighted by Gasteiger charge is -2.23. The Bertz CT molecular complexity index is 686. The average molecular weight is 356 g/mol. The van der Waals surface area contributed by atoms with Gasteiger partial charge in [-0.3, -0.25) is 4.90 Å². The second kappa shape index (κ2) is 6.31. The fourth-order valence-electron chi connectivity index (χ4n) is 4.03. The van der Waals surface area contributed by atoms with Gasteiger partial charge in [-0.25, -0.2) is 9.50 Å². The third kappa shape index (κ3) is 3.02. The average Bonchev–Trinajstić information content (AvgIpc) is 3.19. The number of nitrogens with one attached hydrogen (secondary N) is 1. The van der Waals surface area contributed by atoms with Crippen LogP contribution in [0.4, 0.5) is 0 Å². The molecule has 2 aliphatic rings. The van der Waals surface area contributed by atoms with Gasteiger partial charge in [-0.05, 0) is 44.2 Å². The van der Waals surface area contributed by atoms with Crippen molar-refractivity contribution >= 4 is 28.7 Å². The van der Waals surface area contributed by atoms with E-state index in [9.17, 15) is 0 Å². The Morgan fingerprint density at radius 1 is 1.35 bits per heavy atom. The predicted octanol–water partition coefficient (Wildman–Crippen LogP) is 2.83. The summed E-state index contributed by atoms with van der Waals surface area (Å²) in [4.78, 5) is 8.50. The summed E-state index contributed by atoms with van der Waals surface area (Å²) in [6.07, 6.45) is 2.66. The zero-order chi connectivity index (χ0) is 15.3. The quantitative estimate of drug-likeness (QED) is 0.919. The van der Waals surface area contributed by atoms with Gasteiger partial charge in [0.05, 0.1) is 11.4 Å². The van der Waals surface area contributed by atoms with Crippen molar-refractivity contribution in [3.63, 3.8) is 0 Å². The molecule has 4 heterocycles. The van der Waals surface area contributed by atoms with Crippen molar-refractivity contribution in [1.29, 1.82) is 0 Å². The van der Waals surface area contributed by atoms with Gasteiger partial charge in [-0.2, -0.15) is 5.10 Å². The molecule has 4 rings (SSSR count). The summed E-state index contributed by atoms with van der Waals surface area (Å²) in [5, 5.41) is 9.32. The lowest BCUT2D eigenvalue weighted by Crippen LogP contribution is -2.29. The first-order valence-electron chi connectivity index (χ1n) is 8.34. The van der Waals surface area contributed by atoms with Crippen LogP contribution >= 0.6 is 23.7 Å². The van der Waals surface area contributed by atoms with Gasteiger partial charge < -0.3 is 5.32 Å². The number of imidazole rings is 1. The molecule has 0 saturated carbocycles. The van der Waals surface area contributed by atoms with Gasteiger partial charge in [0.25, 0.3) is 0 Å². The van der Waals surface area contributed by atoms with E-state index < -0.39 is 0 Å². The molecule has 23 heavy (non-hydrogen) atoms. The molecular formula is C16H26ClN5S. The largest absolute Gasteiger partial charge is 0.316 e. The molecule has 0 bridgehead atoms. The minimum absolute atomic E-state index is 0. The topological polar surface area (TPSA) is 45.5 Å². The van der Waals surface area contributed by atoms with Crippen LogP contribution in [0, 0.1) is 12.3 Å². The van der Waals surface area contributed by atoms with Gasteiger partial charge in [-0.15, -0.1) is 12.4 Å². The SMILES string of the molecule is Cc1nn2c(CN3CCC4(CCNC4)C3)c(C(C)C)nc2s1.Cl. The molecule has 0 amide bonds. The van der Waals surface area contributed by atoms with Crippen molar-refractivity contribution in [2.75, 3.05) is 26.2 Å². The van der Waals surface area contributed by atoms with Crippen molar-refractivity contribution in [3.8, 4) is 0 Å². The molecule has 2 aromatic rings. The van der Waals surface area contributed by atoms with Crippen LogP contribution in [0.5, 0.6) is 0 Å². The third-order valence-electron chi connectivity index (χ3n) is 5.20. The van der Waals surface area contributed by atoms with E-state index in [0.717, 1.165) is 16.5 Å². The molecule has 128 valence electrons. The zero-order valence-corrected chi connectivity index (χ0v) is 15.8. The Morgan fingerprint density at radius 2 is 2.17 bits per heavy atom. The molecule has 7 heteroatoms. The molecule has 2 aromatic heterocycles. The highest BCUT2D eigenvalue weighted by atomic mass is 35.5. The molecule has 2 saturated heterocycles.